The van der Waals surface area contributed by atoms with Gasteiger partial charge in [-0.05, 0) is 49.9 Å². The van der Waals surface area contributed by atoms with E-state index in [0.29, 0.717) is 18.7 Å². The Balaban J connectivity index is 1.27. The van der Waals surface area contributed by atoms with E-state index in [2.05, 4.69) is 28.0 Å². The average molecular weight is 360 g/mol. The van der Waals surface area contributed by atoms with Gasteiger partial charge in [0.25, 0.3) is 0 Å². The molecule has 1 atom stereocenters. The molecule has 5 nitrogen and oxygen atoms in total. The summed E-state index contributed by atoms with van der Waals surface area (Å²) < 4.78 is 11.2. The number of ether oxygens (including phenoxy) is 2. The third-order valence-corrected chi connectivity index (χ3v) is 6.11. The van der Waals surface area contributed by atoms with E-state index in [9.17, 15) is 5.11 Å². The van der Waals surface area contributed by atoms with Crippen molar-refractivity contribution in [2.75, 3.05) is 46.0 Å². The maximum Gasteiger partial charge on any atom is 0.119 e. The van der Waals surface area contributed by atoms with Gasteiger partial charge in [0.2, 0.25) is 0 Å². The zero-order valence-electron chi connectivity index (χ0n) is 15.7. The summed E-state index contributed by atoms with van der Waals surface area (Å²) in [6, 6.07) is 8.41. The minimum absolute atomic E-state index is 0.342. The van der Waals surface area contributed by atoms with Crippen molar-refractivity contribution in [3.63, 3.8) is 0 Å². The molecular weight excluding hydrogens is 328 g/mol. The van der Waals surface area contributed by atoms with Crippen LogP contribution in [0.1, 0.15) is 37.7 Å². The van der Waals surface area contributed by atoms with E-state index in [1.165, 1.54) is 44.2 Å². The number of morpholine rings is 1. The normalized spacial score (nSPS) is 24.5. The summed E-state index contributed by atoms with van der Waals surface area (Å²) in [4.78, 5) is 4.92. The van der Waals surface area contributed by atoms with Gasteiger partial charge in [-0.2, -0.15) is 0 Å². The Hall–Kier alpha value is -1.14. The molecule has 1 spiro atoms. The van der Waals surface area contributed by atoms with Gasteiger partial charge in [-0.1, -0.05) is 18.6 Å². The maximum absolute atomic E-state index is 10.3. The zero-order chi connectivity index (χ0) is 17.8. The fourth-order valence-corrected chi connectivity index (χ4v) is 4.39. The summed E-state index contributed by atoms with van der Waals surface area (Å²) in [5.41, 5.74) is 1.84. The molecule has 3 aliphatic rings. The first-order chi connectivity index (χ1) is 12.7. The lowest BCUT2D eigenvalue weighted by Gasteiger charge is -2.36. The molecule has 1 aromatic carbocycles. The van der Waals surface area contributed by atoms with Gasteiger partial charge >= 0.3 is 0 Å². The van der Waals surface area contributed by atoms with Crippen LogP contribution in [0.2, 0.25) is 0 Å². The fourth-order valence-electron chi connectivity index (χ4n) is 4.39. The topological polar surface area (TPSA) is 45.2 Å². The third-order valence-electron chi connectivity index (χ3n) is 6.11. The van der Waals surface area contributed by atoms with Crippen LogP contribution < -0.4 is 4.74 Å². The van der Waals surface area contributed by atoms with E-state index in [-0.39, 0.29) is 0 Å². The summed E-state index contributed by atoms with van der Waals surface area (Å²) in [7, 11) is 0. The van der Waals surface area contributed by atoms with Crippen LogP contribution in [0.25, 0.3) is 0 Å². The first-order valence-corrected chi connectivity index (χ1v) is 10.2. The van der Waals surface area contributed by atoms with Crippen molar-refractivity contribution in [1.29, 1.82) is 0 Å². The Kier molecular flexibility index (Phi) is 5.79. The number of likely N-dealkylation sites (tertiary alicyclic amines) is 1. The van der Waals surface area contributed by atoms with Crippen molar-refractivity contribution in [3.05, 3.63) is 29.8 Å². The maximum atomic E-state index is 10.3. The summed E-state index contributed by atoms with van der Waals surface area (Å²) in [6.45, 7) is 6.54. The van der Waals surface area contributed by atoms with Gasteiger partial charge < -0.3 is 14.6 Å². The molecule has 0 aromatic heterocycles. The molecule has 0 amide bonds. The van der Waals surface area contributed by atoms with Crippen LogP contribution >= 0.6 is 0 Å². The molecule has 2 aliphatic heterocycles. The lowest BCUT2D eigenvalue weighted by Crippen LogP contribution is -2.42. The standard InChI is InChI=1S/C21H32N2O3/c24-19(16-22-10-12-25-13-11-22)17-26-20-5-3-4-18(14-20)15-23-9-2-1-6-21(23)7-8-21/h3-5,14,19,24H,1-2,6-13,15-17H2/t19-/m1/s1. The molecule has 1 aliphatic carbocycles. The predicted molar refractivity (Wildman–Crippen MR) is 101 cm³/mol. The molecule has 1 aromatic rings. The molecule has 2 heterocycles. The lowest BCUT2D eigenvalue weighted by molar-refractivity contribution is 0.00464. The first kappa shape index (κ1) is 18.2. The minimum Gasteiger partial charge on any atom is -0.491 e. The van der Waals surface area contributed by atoms with Crippen LogP contribution in [0.5, 0.6) is 5.75 Å². The largest absolute Gasteiger partial charge is 0.491 e. The van der Waals surface area contributed by atoms with Crippen molar-refractivity contribution < 1.29 is 14.6 Å². The number of β-amino-alcohol motifs (C(OH)–C–C–N with tert-alkyl or cyclic N) is 1. The quantitative estimate of drug-likeness (QED) is 0.808. The highest BCUT2D eigenvalue weighted by Gasteiger charge is 2.48. The number of benzene rings is 1. The monoisotopic (exact) mass is 360 g/mol. The molecule has 4 rings (SSSR count). The highest BCUT2D eigenvalue weighted by Crippen LogP contribution is 2.48. The van der Waals surface area contributed by atoms with Crippen molar-refractivity contribution in [1.82, 2.24) is 9.80 Å². The van der Waals surface area contributed by atoms with Crippen molar-refractivity contribution >= 4 is 0 Å². The van der Waals surface area contributed by atoms with E-state index in [4.69, 9.17) is 9.47 Å². The van der Waals surface area contributed by atoms with Gasteiger partial charge in [-0.3, -0.25) is 9.80 Å². The average Bonchev–Trinajstić information content (AvgIpc) is 3.44. The highest BCUT2D eigenvalue weighted by molar-refractivity contribution is 5.29. The van der Waals surface area contributed by atoms with Gasteiger partial charge in [-0.25, -0.2) is 0 Å². The van der Waals surface area contributed by atoms with Gasteiger partial charge in [0, 0.05) is 31.7 Å². The van der Waals surface area contributed by atoms with Crippen LogP contribution in [-0.4, -0.2) is 72.5 Å². The highest BCUT2D eigenvalue weighted by atomic mass is 16.5. The number of aliphatic hydroxyl groups excluding tert-OH is 1. The van der Waals surface area contributed by atoms with E-state index in [1.54, 1.807) is 0 Å². The SMILES string of the molecule is O[C@@H](COc1cccc(CN2CCCCC23CC3)c1)CN1CCOCC1. The van der Waals surface area contributed by atoms with Crippen LogP contribution in [-0.2, 0) is 11.3 Å². The van der Waals surface area contributed by atoms with Crippen molar-refractivity contribution in [3.8, 4) is 5.75 Å². The molecule has 144 valence electrons. The van der Waals surface area contributed by atoms with Crippen LogP contribution in [0, 0.1) is 0 Å². The second-order valence-corrected chi connectivity index (χ2v) is 8.13. The number of hydrogen-bond donors (Lipinski definition) is 1. The Morgan fingerprint density at radius 1 is 1.12 bits per heavy atom. The summed E-state index contributed by atoms with van der Waals surface area (Å²) >= 11 is 0. The Morgan fingerprint density at radius 3 is 2.77 bits per heavy atom. The molecule has 3 fully saturated rings. The molecule has 1 N–H and O–H groups in total. The van der Waals surface area contributed by atoms with Gasteiger partial charge in [0.15, 0.2) is 0 Å². The number of hydrogen-bond acceptors (Lipinski definition) is 5. The molecule has 26 heavy (non-hydrogen) atoms. The van der Waals surface area contributed by atoms with Gasteiger partial charge in [-0.15, -0.1) is 0 Å². The zero-order valence-corrected chi connectivity index (χ0v) is 15.7. The van der Waals surface area contributed by atoms with Crippen molar-refractivity contribution in [2.24, 2.45) is 0 Å². The number of aliphatic hydroxyl groups is 1. The second-order valence-electron chi connectivity index (χ2n) is 8.13. The number of nitrogens with zero attached hydrogens (tertiary/aromatic N) is 2. The van der Waals surface area contributed by atoms with E-state index in [0.717, 1.165) is 38.6 Å². The van der Waals surface area contributed by atoms with Gasteiger partial charge in [0.05, 0.1) is 13.2 Å². The first-order valence-electron chi connectivity index (χ1n) is 10.2. The third kappa shape index (κ3) is 4.58. The van der Waals surface area contributed by atoms with E-state index < -0.39 is 6.10 Å². The summed E-state index contributed by atoms with van der Waals surface area (Å²) in [6.07, 6.45) is 6.37. The number of piperidine rings is 1. The number of rotatable bonds is 7. The molecule has 1 saturated carbocycles. The molecule has 2 saturated heterocycles. The smallest absolute Gasteiger partial charge is 0.119 e. The second kappa shape index (κ2) is 8.26. The van der Waals surface area contributed by atoms with E-state index >= 15 is 0 Å². The van der Waals surface area contributed by atoms with Crippen LogP contribution in [0.15, 0.2) is 24.3 Å². The molecule has 5 heteroatoms. The van der Waals surface area contributed by atoms with Crippen molar-refractivity contribution in [2.45, 2.75) is 50.3 Å². The van der Waals surface area contributed by atoms with E-state index in [1.807, 2.05) is 6.07 Å². The Bertz CT molecular complexity index is 584. The summed E-state index contributed by atoms with van der Waals surface area (Å²) in [5.74, 6) is 0.866. The Morgan fingerprint density at radius 2 is 1.96 bits per heavy atom. The molecule has 0 radical (unpaired) electrons. The minimum atomic E-state index is -0.464. The molecule has 0 bridgehead atoms. The Labute approximate surface area is 156 Å². The predicted octanol–water partition coefficient (Wildman–Crippen LogP) is 2.28. The van der Waals surface area contributed by atoms with Gasteiger partial charge in [0.1, 0.15) is 18.5 Å². The fraction of sp³-hybridized carbons (Fsp3) is 0.714. The van der Waals surface area contributed by atoms with Crippen LogP contribution in [0.4, 0.5) is 0 Å². The molecular formula is C21H32N2O3. The lowest BCUT2D eigenvalue weighted by atomic mass is 9.99. The summed E-state index contributed by atoms with van der Waals surface area (Å²) in [5, 5.41) is 10.3. The molecule has 0 unspecified atom stereocenters. The van der Waals surface area contributed by atoms with Crippen LogP contribution in [0.3, 0.4) is 0 Å².